The highest BCUT2D eigenvalue weighted by molar-refractivity contribution is 7.92. The quantitative estimate of drug-likeness (QED) is 0.669. The first kappa shape index (κ1) is 22.2. The summed E-state index contributed by atoms with van der Waals surface area (Å²) in [5.74, 6) is -0.929. The molecular formula is C19H18Cl2N2O6S. The molecule has 0 aromatic heterocycles. The van der Waals surface area contributed by atoms with Crippen molar-refractivity contribution in [3.05, 3.63) is 52.0 Å². The van der Waals surface area contributed by atoms with Gasteiger partial charge in [-0.2, -0.15) is 0 Å². The molecule has 30 heavy (non-hydrogen) atoms. The molecule has 0 bridgehead atoms. The van der Waals surface area contributed by atoms with Crippen molar-refractivity contribution < 1.29 is 27.5 Å². The summed E-state index contributed by atoms with van der Waals surface area (Å²) < 4.78 is 36.1. The van der Waals surface area contributed by atoms with Crippen molar-refractivity contribution in [1.82, 2.24) is 0 Å². The number of nitrogens with zero attached hydrogens (tertiary/aromatic N) is 1. The number of anilines is 2. The molecule has 1 amide bonds. The van der Waals surface area contributed by atoms with Crippen molar-refractivity contribution in [3.63, 3.8) is 0 Å². The Morgan fingerprint density at radius 2 is 1.97 bits per heavy atom. The van der Waals surface area contributed by atoms with Crippen LogP contribution in [0.15, 0.2) is 36.4 Å². The molecule has 1 atom stereocenters. The van der Waals surface area contributed by atoms with E-state index in [4.69, 9.17) is 32.7 Å². The molecule has 1 aliphatic rings. The number of halogens is 2. The van der Waals surface area contributed by atoms with Crippen LogP contribution in [0.4, 0.5) is 11.4 Å². The molecule has 2 aromatic rings. The summed E-state index contributed by atoms with van der Waals surface area (Å²) in [7, 11) is -3.69. The van der Waals surface area contributed by atoms with E-state index in [1.54, 1.807) is 6.92 Å². The number of carbonyl (C=O) groups excluding carboxylic acids is 2. The van der Waals surface area contributed by atoms with Gasteiger partial charge in [0, 0.05) is 5.02 Å². The monoisotopic (exact) mass is 472 g/mol. The van der Waals surface area contributed by atoms with E-state index in [1.165, 1.54) is 36.4 Å². The largest absolute Gasteiger partial charge is 0.476 e. The molecule has 3 rings (SSSR count). The Hall–Kier alpha value is -2.49. The Labute approximate surface area is 183 Å². The summed E-state index contributed by atoms with van der Waals surface area (Å²) in [6.07, 6.45) is -0.0997. The van der Waals surface area contributed by atoms with E-state index in [2.05, 4.69) is 5.32 Å². The van der Waals surface area contributed by atoms with Gasteiger partial charge in [0.25, 0.3) is 5.91 Å². The summed E-state index contributed by atoms with van der Waals surface area (Å²) in [6, 6.07) is 8.77. The maximum Gasteiger partial charge on any atom is 0.338 e. The molecule has 160 valence electrons. The van der Waals surface area contributed by atoms with Crippen LogP contribution in [0.5, 0.6) is 5.75 Å². The highest BCUT2D eigenvalue weighted by Gasteiger charge is 2.35. The summed E-state index contributed by atoms with van der Waals surface area (Å²) >= 11 is 12.1. The second-order valence-corrected chi connectivity index (χ2v) is 9.17. The standard InChI is InChI=1S/C19H18Cl2N2O6S/c1-3-28-19(25)11-4-6-14(13(21)8-11)22-18(24)17-10-23(30(2,26)27)15-9-12(20)5-7-16(15)29-17/h4-9,17H,3,10H2,1-2H3,(H,22,24)/t17-/m0/s1. The van der Waals surface area contributed by atoms with Gasteiger partial charge in [-0.15, -0.1) is 0 Å². The van der Waals surface area contributed by atoms with Crippen molar-refractivity contribution in [2.45, 2.75) is 13.0 Å². The number of fused-ring (bicyclic) bond motifs is 1. The molecule has 1 N–H and O–H groups in total. The van der Waals surface area contributed by atoms with Crippen molar-refractivity contribution >= 4 is 56.5 Å². The van der Waals surface area contributed by atoms with Gasteiger partial charge in [-0.25, -0.2) is 13.2 Å². The average Bonchev–Trinajstić information content (AvgIpc) is 2.68. The predicted molar refractivity (Wildman–Crippen MR) is 114 cm³/mol. The van der Waals surface area contributed by atoms with Crippen LogP contribution in [0.3, 0.4) is 0 Å². The van der Waals surface area contributed by atoms with E-state index in [0.29, 0.717) is 5.02 Å². The third-order valence-corrected chi connectivity index (χ3v) is 5.92. The lowest BCUT2D eigenvalue weighted by atomic mass is 10.2. The van der Waals surface area contributed by atoms with Crippen molar-refractivity contribution in [2.24, 2.45) is 0 Å². The van der Waals surface area contributed by atoms with Crippen LogP contribution < -0.4 is 14.4 Å². The van der Waals surface area contributed by atoms with E-state index in [-0.39, 0.29) is 40.9 Å². The molecular weight excluding hydrogens is 455 g/mol. The lowest BCUT2D eigenvalue weighted by Crippen LogP contribution is -2.48. The van der Waals surface area contributed by atoms with Gasteiger partial charge in [-0.1, -0.05) is 23.2 Å². The molecule has 0 aliphatic carbocycles. The van der Waals surface area contributed by atoms with Gasteiger partial charge in [-0.3, -0.25) is 9.10 Å². The Morgan fingerprint density at radius 3 is 2.60 bits per heavy atom. The second kappa shape index (κ2) is 8.71. The van der Waals surface area contributed by atoms with Gasteiger partial charge in [0.05, 0.1) is 41.4 Å². The van der Waals surface area contributed by atoms with Gasteiger partial charge < -0.3 is 14.8 Å². The molecule has 1 heterocycles. The van der Waals surface area contributed by atoms with Crippen LogP contribution in [0.2, 0.25) is 10.0 Å². The van der Waals surface area contributed by atoms with E-state index in [1.807, 2.05) is 0 Å². The zero-order valence-corrected chi connectivity index (χ0v) is 18.3. The molecule has 0 radical (unpaired) electrons. The minimum atomic E-state index is -3.69. The number of nitrogens with one attached hydrogen (secondary N) is 1. The Morgan fingerprint density at radius 1 is 1.23 bits per heavy atom. The van der Waals surface area contributed by atoms with Gasteiger partial charge >= 0.3 is 5.97 Å². The van der Waals surface area contributed by atoms with Gasteiger partial charge in [0.2, 0.25) is 10.0 Å². The molecule has 8 nitrogen and oxygen atoms in total. The fourth-order valence-electron chi connectivity index (χ4n) is 2.85. The highest BCUT2D eigenvalue weighted by Crippen LogP contribution is 2.37. The predicted octanol–water partition coefficient (Wildman–Crippen LogP) is 3.34. The Balaban J connectivity index is 1.82. The topological polar surface area (TPSA) is 102 Å². The number of hydrogen-bond acceptors (Lipinski definition) is 6. The summed E-state index contributed by atoms with van der Waals surface area (Å²) in [6.45, 7) is 1.66. The molecule has 11 heteroatoms. The molecule has 0 saturated heterocycles. The van der Waals surface area contributed by atoms with E-state index in [0.717, 1.165) is 10.6 Å². The molecule has 0 unspecified atom stereocenters. The van der Waals surface area contributed by atoms with Crippen LogP contribution in [-0.4, -0.2) is 45.8 Å². The highest BCUT2D eigenvalue weighted by atomic mass is 35.5. The SMILES string of the molecule is CCOC(=O)c1ccc(NC(=O)[C@@H]2CN(S(C)(=O)=O)c3cc(Cl)ccc3O2)c(Cl)c1. The number of carbonyl (C=O) groups is 2. The molecule has 0 spiro atoms. The third-order valence-electron chi connectivity index (χ3n) is 4.22. The van der Waals surface area contributed by atoms with Crippen LogP contribution in [-0.2, 0) is 19.6 Å². The van der Waals surface area contributed by atoms with Crippen molar-refractivity contribution in [3.8, 4) is 5.75 Å². The van der Waals surface area contributed by atoms with Crippen LogP contribution in [0.1, 0.15) is 17.3 Å². The Bertz CT molecular complexity index is 1110. The maximum atomic E-state index is 12.8. The fourth-order valence-corrected chi connectivity index (χ4v) is 4.15. The smallest absolute Gasteiger partial charge is 0.338 e. The van der Waals surface area contributed by atoms with E-state index >= 15 is 0 Å². The zero-order chi connectivity index (χ0) is 22.1. The number of esters is 1. The minimum Gasteiger partial charge on any atom is -0.476 e. The van der Waals surface area contributed by atoms with E-state index in [9.17, 15) is 18.0 Å². The first-order valence-corrected chi connectivity index (χ1v) is 11.4. The zero-order valence-electron chi connectivity index (χ0n) is 16.0. The summed E-state index contributed by atoms with van der Waals surface area (Å²) in [5, 5.41) is 3.05. The Kier molecular flexibility index (Phi) is 6.44. The second-order valence-electron chi connectivity index (χ2n) is 6.42. The number of amides is 1. The normalized spacial score (nSPS) is 15.7. The van der Waals surface area contributed by atoms with Gasteiger partial charge in [-0.05, 0) is 43.3 Å². The minimum absolute atomic E-state index is 0.122. The third kappa shape index (κ3) is 4.80. The number of hydrogen-bond donors (Lipinski definition) is 1. The number of sulfonamides is 1. The van der Waals surface area contributed by atoms with Crippen molar-refractivity contribution in [2.75, 3.05) is 29.0 Å². The lowest BCUT2D eigenvalue weighted by Gasteiger charge is -2.34. The summed E-state index contributed by atoms with van der Waals surface area (Å²) in [4.78, 5) is 24.5. The number of ether oxygens (including phenoxy) is 2. The first-order chi connectivity index (χ1) is 14.1. The number of benzene rings is 2. The maximum absolute atomic E-state index is 12.8. The average molecular weight is 473 g/mol. The fraction of sp³-hybridized carbons (Fsp3) is 0.263. The van der Waals surface area contributed by atoms with Crippen LogP contribution >= 0.6 is 23.2 Å². The lowest BCUT2D eigenvalue weighted by molar-refractivity contribution is -0.122. The van der Waals surface area contributed by atoms with E-state index < -0.39 is 28.0 Å². The number of rotatable bonds is 5. The first-order valence-electron chi connectivity index (χ1n) is 8.81. The van der Waals surface area contributed by atoms with Gasteiger partial charge in [0.15, 0.2) is 6.10 Å². The molecule has 0 fully saturated rings. The van der Waals surface area contributed by atoms with Gasteiger partial charge in [0.1, 0.15) is 5.75 Å². The van der Waals surface area contributed by atoms with Crippen LogP contribution in [0, 0.1) is 0 Å². The molecule has 0 saturated carbocycles. The van der Waals surface area contributed by atoms with Crippen molar-refractivity contribution in [1.29, 1.82) is 0 Å². The van der Waals surface area contributed by atoms with Crippen LogP contribution in [0.25, 0.3) is 0 Å². The molecule has 2 aromatic carbocycles. The summed E-state index contributed by atoms with van der Waals surface area (Å²) in [5.41, 5.74) is 0.736. The molecule has 1 aliphatic heterocycles.